The van der Waals surface area contributed by atoms with Crippen molar-refractivity contribution in [3.63, 3.8) is 0 Å². The van der Waals surface area contributed by atoms with Crippen molar-refractivity contribution in [2.45, 2.75) is 44.7 Å². The summed E-state index contributed by atoms with van der Waals surface area (Å²) >= 11 is 0. The Balaban J connectivity index is 1.96. The van der Waals surface area contributed by atoms with E-state index < -0.39 is 24.9 Å². The summed E-state index contributed by atoms with van der Waals surface area (Å²) in [5.74, 6) is 0.502. The number of hydrogen-bond acceptors (Lipinski definition) is 3. The van der Waals surface area contributed by atoms with Gasteiger partial charge in [0.1, 0.15) is 11.6 Å². The molecule has 0 atom stereocenters. The van der Waals surface area contributed by atoms with Crippen LogP contribution in [-0.2, 0) is 4.79 Å². The number of aromatic nitrogens is 2. The highest BCUT2D eigenvalue weighted by Gasteiger charge is 2.28. The Bertz CT molecular complexity index is 484. The maximum absolute atomic E-state index is 12.0. The van der Waals surface area contributed by atoms with Gasteiger partial charge in [-0.1, -0.05) is 0 Å². The summed E-state index contributed by atoms with van der Waals surface area (Å²) in [7, 11) is 0. The average Bonchev–Trinajstić information content (AvgIpc) is 3.08. The molecular formula is C12H14F3N3O. The molecule has 0 aromatic carbocycles. The number of hydrogen-bond donors (Lipinski definition) is 1. The Labute approximate surface area is 108 Å². The summed E-state index contributed by atoms with van der Waals surface area (Å²) in [5, 5.41) is 2.39. The van der Waals surface area contributed by atoms with Gasteiger partial charge in [0.2, 0.25) is 5.91 Å². The summed E-state index contributed by atoms with van der Waals surface area (Å²) in [6.45, 7) is 1.69. The van der Waals surface area contributed by atoms with Gasteiger partial charge in [0.25, 0.3) is 0 Å². The fraction of sp³-hybridized carbons (Fsp3) is 0.583. The summed E-state index contributed by atoms with van der Waals surface area (Å²) in [6, 6.07) is 1.64. The Morgan fingerprint density at radius 1 is 1.42 bits per heavy atom. The lowest BCUT2D eigenvalue weighted by Gasteiger charge is -2.08. The Morgan fingerprint density at radius 3 is 2.68 bits per heavy atom. The van der Waals surface area contributed by atoms with Crippen molar-refractivity contribution in [3.05, 3.63) is 17.6 Å². The molecule has 1 aliphatic rings. The van der Waals surface area contributed by atoms with Crippen LogP contribution in [0.15, 0.2) is 6.07 Å². The van der Waals surface area contributed by atoms with E-state index in [4.69, 9.17) is 0 Å². The van der Waals surface area contributed by atoms with Gasteiger partial charge in [-0.15, -0.1) is 0 Å². The first-order chi connectivity index (χ1) is 8.83. The molecule has 19 heavy (non-hydrogen) atoms. The lowest BCUT2D eigenvalue weighted by atomic mass is 10.2. The second kappa shape index (κ2) is 5.14. The number of rotatable bonds is 4. The minimum atomic E-state index is -4.32. The molecule has 2 rings (SSSR count). The van der Waals surface area contributed by atoms with E-state index in [1.807, 2.05) is 0 Å². The molecule has 1 saturated carbocycles. The van der Waals surface area contributed by atoms with Gasteiger partial charge in [-0.2, -0.15) is 13.2 Å². The van der Waals surface area contributed by atoms with Gasteiger partial charge in [0.05, 0.1) is 6.42 Å². The van der Waals surface area contributed by atoms with E-state index in [1.54, 1.807) is 13.0 Å². The highest BCUT2D eigenvalue weighted by atomic mass is 19.4. The molecule has 0 saturated heterocycles. The quantitative estimate of drug-likeness (QED) is 0.917. The minimum absolute atomic E-state index is 0.279. The molecule has 0 bridgehead atoms. The number of anilines is 1. The van der Waals surface area contributed by atoms with Crippen LogP contribution in [0.2, 0.25) is 0 Å². The largest absolute Gasteiger partial charge is 0.389 e. The number of alkyl halides is 3. The molecular weight excluding hydrogens is 259 g/mol. The summed E-state index contributed by atoms with van der Waals surface area (Å²) in [6.07, 6.45) is -3.93. The smallest absolute Gasteiger partial charge is 0.311 e. The molecule has 104 valence electrons. The molecule has 1 fully saturated rings. The molecule has 0 unspecified atom stereocenters. The van der Waals surface area contributed by atoms with E-state index >= 15 is 0 Å². The number of amides is 1. The van der Waals surface area contributed by atoms with Gasteiger partial charge < -0.3 is 5.32 Å². The zero-order valence-corrected chi connectivity index (χ0v) is 10.4. The first-order valence-corrected chi connectivity index (χ1v) is 6.06. The maximum Gasteiger partial charge on any atom is 0.389 e. The number of nitrogens with zero attached hydrogens (tertiary/aromatic N) is 2. The molecule has 1 aliphatic carbocycles. The molecule has 7 heteroatoms. The lowest BCUT2D eigenvalue weighted by Crippen LogP contribution is -2.17. The fourth-order valence-corrected chi connectivity index (χ4v) is 1.70. The molecule has 1 aromatic rings. The summed E-state index contributed by atoms with van der Waals surface area (Å²) < 4.78 is 36.0. The SMILES string of the molecule is Cc1nc(NC(=O)CCC(F)(F)F)cc(C2CC2)n1. The van der Waals surface area contributed by atoms with Crippen LogP contribution >= 0.6 is 0 Å². The van der Waals surface area contributed by atoms with Crippen LogP contribution in [0, 0.1) is 6.92 Å². The Morgan fingerprint density at radius 2 is 2.11 bits per heavy atom. The molecule has 0 radical (unpaired) electrons. The van der Waals surface area contributed by atoms with Crippen LogP contribution in [0.5, 0.6) is 0 Å². The first-order valence-electron chi connectivity index (χ1n) is 6.06. The van der Waals surface area contributed by atoms with Gasteiger partial charge in [-0.25, -0.2) is 9.97 Å². The molecule has 1 heterocycles. The number of carbonyl (C=O) groups is 1. The van der Waals surface area contributed by atoms with Crippen LogP contribution in [-0.4, -0.2) is 22.1 Å². The van der Waals surface area contributed by atoms with Crippen molar-refractivity contribution in [1.29, 1.82) is 0 Å². The number of aryl methyl sites for hydroxylation is 1. The number of carbonyl (C=O) groups excluding carboxylic acids is 1. The Hall–Kier alpha value is -1.66. The fourth-order valence-electron chi connectivity index (χ4n) is 1.70. The predicted octanol–water partition coefficient (Wildman–Crippen LogP) is 2.94. The summed E-state index contributed by atoms with van der Waals surface area (Å²) in [4.78, 5) is 19.6. The van der Waals surface area contributed by atoms with Crippen LogP contribution in [0.3, 0.4) is 0 Å². The normalized spacial score (nSPS) is 15.4. The third-order valence-electron chi connectivity index (χ3n) is 2.76. The van der Waals surface area contributed by atoms with Crippen LogP contribution in [0.25, 0.3) is 0 Å². The number of nitrogens with one attached hydrogen (secondary N) is 1. The third-order valence-corrected chi connectivity index (χ3v) is 2.76. The molecule has 1 N–H and O–H groups in total. The van der Waals surface area contributed by atoms with E-state index in [-0.39, 0.29) is 5.82 Å². The van der Waals surface area contributed by atoms with Gasteiger partial charge in [-0.3, -0.25) is 4.79 Å². The second-order valence-electron chi connectivity index (χ2n) is 4.66. The minimum Gasteiger partial charge on any atom is -0.311 e. The maximum atomic E-state index is 12.0. The number of halogens is 3. The second-order valence-corrected chi connectivity index (χ2v) is 4.66. The molecule has 0 spiro atoms. The van der Waals surface area contributed by atoms with E-state index in [0.29, 0.717) is 11.7 Å². The van der Waals surface area contributed by atoms with Crippen LogP contribution in [0.4, 0.5) is 19.0 Å². The van der Waals surface area contributed by atoms with Gasteiger partial charge >= 0.3 is 6.18 Å². The molecule has 1 amide bonds. The zero-order chi connectivity index (χ0) is 14.0. The molecule has 4 nitrogen and oxygen atoms in total. The van der Waals surface area contributed by atoms with E-state index in [0.717, 1.165) is 18.5 Å². The Kier molecular flexibility index (Phi) is 3.73. The van der Waals surface area contributed by atoms with E-state index in [9.17, 15) is 18.0 Å². The van der Waals surface area contributed by atoms with Crippen LogP contribution in [0.1, 0.15) is 43.1 Å². The first kappa shape index (κ1) is 13.8. The molecule has 1 aromatic heterocycles. The lowest BCUT2D eigenvalue weighted by molar-refractivity contribution is -0.142. The van der Waals surface area contributed by atoms with Crippen molar-refractivity contribution in [3.8, 4) is 0 Å². The van der Waals surface area contributed by atoms with Crippen molar-refractivity contribution in [2.24, 2.45) is 0 Å². The third kappa shape index (κ3) is 4.50. The molecule has 0 aliphatic heterocycles. The van der Waals surface area contributed by atoms with Crippen molar-refractivity contribution in [2.75, 3.05) is 5.32 Å². The van der Waals surface area contributed by atoms with E-state index in [1.165, 1.54) is 0 Å². The monoisotopic (exact) mass is 273 g/mol. The van der Waals surface area contributed by atoms with Crippen molar-refractivity contribution < 1.29 is 18.0 Å². The summed E-state index contributed by atoms with van der Waals surface area (Å²) in [5.41, 5.74) is 0.846. The standard InChI is InChI=1S/C12H14F3N3O/c1-7-16-9(8-2-3-8)6-10(17-7)18-11(19)4-5-12(13,14)15/h6,8H,2-5H2,1H3,(H,16,17,18,19). The predicted molar refractivity (Wildman–Crippen MR) is 62.7 cm³/mol. The van der Waals surface area contributed by atoms with Crippen molar-refractivity contribution in [1.82, 2.24) is 9.97 Å². The highest BCUT2D eigenvalue weighted by Crippen LogP contribution is 2.39. The van der Waals surface area contributed by atoms with Crippen molar-refractivity contribution >= 4 is 11.7 Å². The van der Waals surface area contributed by atoms with E-state index in [2.05, 4.69) is 15.3 Å². The highest BCUT2D eigenvalue weighted by molar-refractivity contribution is 5.89. The van der Waals surface area contributed by atoms with Crippen LogP contribution < -0.4 is 5.32 Å². The zero-order valence-electron chi connectivity index (χ0n) is 10.4. The average molecular weight is 273 g/mol. The van der Waals surface area contributed by atoms with Gasteiger partial charge in [-0.05, 0) is 19.8 Å². The topological polar surface area (TPSA) is 54.9 Å². The van der Waals surface area contributed by atoms with Gasteiger partial charge in [0.15, 0.2) is 0 Å². The van der Waals surface area contributed by atoms with Gasteiger partial charge in [0, 0.05) is 24.1 Å².